The number of allylic oxidation sites excluding steroid dienone is 12. The smallest absolute Gasteiger partial charge is 0.308 e. The first-order chi connectivity index (χ1) is 33.6. The summed E-state index contributed by atoms with van der Waals surface area (Å²) in [5, 5.41) is 142. The van der Waals surface area contributed by atoms with E-state index in [2.05, 4.69) is 5.32 Å². The molecule has 0 aromatic heterocycles. The summed E-state index contributed by atoms with van der Waals surface area (Å²) >= 11 is 0. The second-order valence-electron chi connectivity index (χ2n) is 19.6. The average molecular weight is 1010 g/mol. The highest BCUT2D eigenvalue weighted by Gasteiger charge is 2.50. The lowest BCUT2D eigenvalue weighted by atomic mass is 9.66. The van der Waals surface area contributed by atoms with Crippen molar-refractivity contribution in [2.75, 3.05) is 26.4 Å². The van der Waals surface area contributed by atoms with E-state index in [-0.39, 0.29) is 44.6 Å². The Morgan fingerprint density at radius 3 is 1.83 bits per heavy atom. The summed E-state index contributed by atoms with van der Waals surface area (Å²) in [5.74, 6) is -4.78. The van der Waals surface area contributed by atoms with Crippen LogP contribution in [-0.4, -0.2) is 195 Å². The van der Waals surface area contributed by atoms with Gasteiger partial charge in [-0.05, 0) is 44.9 Å². The van der Waals surface area contributed by atoms with Gasteiger partial charge in [-0.2, -0.15) is 0 Å². The highest BCUT2D eigenvalue weighted by atomic mass is 16.7. The number of aliphatic hydroxyl groups excluding tert-OH is 12. The summed E-state index contributed by atoms with van der Waals surface area (Å²) in [5.41, 5.74) is 2.22. The van der Waals surface area contributed by atoms with Crippen molar-refractivity contribution in [1.82, 2.24) is 5.32 Å². The van der Waals surface area contributed by atoms with Gasteiger partial charge in [0.1, 0.15) is 17.7 Å². The maximum Gasteiger partial charge on any atom is 0.308 e. The monoisotopic (exact) mass is 1010 g/mol. The number of carbonyl (C=O) groups is 2. The SMILES string of the molecule is C[C@@H]1[C@H](O)[C@@H](C)/C=C/C=C/C=C/C=C/C=C/C=C/C=C/C(O[C@@H]2OC[C@@H](O)[C@H](N)[C@H]2O)CC2C[C@](O)(C[C@@H](O)C[C@@H](O)[C@H](O)CC[C@@H](O)C[C@@H](O)CC(=O)O[C@H]1C)C[C@H](O)[C@H]2C(=O)NC(CO)(CO)CO. The molecule has 16 N–H and O–H groups in total. The fourth-order valence-electron chi connectivity index (χ4n) is 9.03. The molecule has 0 spiro atoms. The lowest BCUT2D eigenvalue weighted by Crippen LogP contribution is -2.62. The Labute approximate surface area is 416 Å². The predicted molar refractivity (Wildman–Crippen MR) is 260 cm³/mol. The average Bonchev–Trinajstić information content (AvgIpc) is 3.31. The number of aliphatic hydroxyl groups is 13. The Bertz CT molecular complexity index is 1800. The number of carbonyl (C=O) groups excluding carboxylic acids is 2. The van der Waals surface area contributed by atoms with Crippen LogP contribution in [0.2, 0.25) is 0 Å². The van der Waals surface area contributed by atoms with E-state index in [1.165, 1.54) is 0 Å². The largest absolute Gasteiger partial charge is 0.462 e. The number of nitrogens with one attached hydrogen (secondary N) is 1. The first-order valence-corrected chi connectivity index (χ1v) is 24.5. The van der Waals surface area contributed by atoms with Crippen LogP contribution in [0.4, 0.5) is 0 Å². The van der Waals surface area contributed by atoms with Gasteiger partial charge in [0.2, 0.25) is 5.91 Å². The molecule has 0 radical (unpaired) electrons. The number of cyclic esters (lactones) is 1. The van der Waals surface area contributed by atoms with Crippen LogP contribution in [0, 0.1) is 23.7 Å². The zero-order valence-corrected chi connectivity index (χ0v) is 41.0. The number of hydrogen-bond acceptors (Lipinski definition) is 19. The van der Waals surface area contributed by atoms with Crippen molar-refractivity contribution in [3.63, 3.8) is 0 Å². The first-order valence-electron chi connectivity index (χ1n) is 24.5. The molecule has 2 aliphatic heterocycles. The Kier molecular flexibility index (Phi) is 26.6. The van der Waals surface area contributed by atoms with Gasteiger partial charge in [0.15, 0.2) is 6.29 Å². The summed E-state index contributed by atoms with van der Waals surface area (Å²) in [6, 6.07) is -1.14. The second-order valence-corrected chi connectivity index (χ2v) is 19.6. The number of nitrogens with two attached hydrogens (primary N) is 1. The van der Waals surface area contributed by atoms with E-state index in [9.17, 15) is 76.0 Å². The summed E-state index contributed by atoms with van der Waals surface area (Å²) in [6.45, 7) is 2.32. The molecule has 18 atom stereocenters. The molecule has 71 heavy (non-hydrogen) atoms. The van der Waals surface area contributed by atoms with E-state index < -0.39 is 166 Å². The number of ether oxygens (including phenoxy) is 3. The zero-order chi connectivity index (χ0) is 52.9. The van der Waals surface area contributed by atoms with Crippen LogP contribution < -0.4 is 11.1 Å². The third-order valence-electron chi connectivity index (χ3n) is 13.6. The number of rotatable bonds is 7. The van der Waals surface area contributed by atoms with Gasteiger partial charge in [0, 0.05) is 31.1 Å². The Hall–Kier alpha value is -3.52. The number of amides is 1. The lowest BCUT2D eigenvalue weighted by molar-refractivity contribution is -0.254. The molecule has 1 saturated carbocycles. The molecule has 2 fully saturated rings. The molecule has 2 heterocycles. The Morgan fingerprint density at radius 2 is 1.25 bits per heavy atom. The minimum atomic E-state index is -1.91. The third-order valence-corrected chi connectivity index (χ3v) is 13.6. The normalized spacial score (nSPS) is 41.8. The molecular formula is C51H82N2O18. The van der Waals surface area contributed by atoms with Gasteiger partial charge >= 0.3 is 5.97 Å². The standard InChI is InChI=1S/C51H82N2O18/c1-31-16-14-12-10-8-6-4-5-7-9-11-13-15-17-38(71-49-47(66)45(52)42(63)27-69-49)20-34-24-51(68,26-41(62)44(34)48(67)53-50(28-54,29-55)30-56)25-37(59)22-40(61)39(60)19-18-35(57)21-36(58)23-43(64)70-33(3)32(2)46(31)65/h4-17,31-42,44-47,49,54-63,65-66,68H,18-30,52H2,1-3H3,(H,53,67)/b5-4+,8-6+,9-7+,12-10+,13-11+,16-14+,17-15+/t31-,32-,33-,34?,35+,36+,37-,38?,39+,40+,41-,42+,44-,45-,46+,47+,49-,51-/m0/s1. The minimum absolute atomic E-state index is 0.112. The van der Waals surface area contributed by atoms with Crippen molar-refractivity contribution in [3.8, 4) is 0 Å². The third kappa shape index (κ3) is 20.4. The van der Waals surface area contributed by atoms with Crippen molar-refractivity contribution in [1.29, 1.82) is 0 Å². The van der Waals surface area contributed by atoms with Crippen LogP contribution in [-0.2, 0) is 23.8 Å². The highest BCUT2D eigenvalue weighted by molar-refractivity contribution is 5.80. The Morgan fingerprint density at radius 1 is 0.690 bits per heavy atom. The highest BCUT2D eigenvalue weighted by Crippen LogP contribution is 2.43. The topological polar surface area (TPSA) is 363 Å². The van der Waals surface area contributed by atoms with E-state index >= 15 is 0 Å². The van der Waals surface area contributed by atoms with Gasteiger partial charge in [0.25, 0.3) is 0 Å². The molecule has 3 aliphatic rings. The Balaban J connectivity index is 1.96. The number of esters is 1. The fourth-order valence-corrected chi connectivity index (χ4v) is 9.03. The molecule has 2 unspecified atom stereocenters. The van der Waals surface area contributed by atoms with E-state index in [0.717, 1.165) is 0 Å². The van der Waals surface area contributed by atoms with Gasteiger partial charge < -0.3 is 91.6 Å². The van der Waals surface area contributed by atoms with E-state index in [4.69, 9.17) is 19.9 Å². The van der Waals surface area contributed by atoms with E-state index in [0.29, 0.717) is 0 Å². The van der Waals surface area contributed by atoms with Gasteiger partial charge in [-0.1, -0.05) is 98.9 Å². The van der Waals surface area contributed by atoms with Crippen LogP contribution >= 0.6 is 0 Å². The second kappa shape index (κ2) is 30.6. The molecule has 2 bridgehead atoms. The maximum atomic E-state index is 14.0. The van der Waals surface area contributed by atoms with Crippen LogP contribution in [0.15, 0.2) is 85.1 Å². The zero-order valence-electron chi connectivity index (χ0n) is 41.0. The van der Waals surface area contributed by atoms with E-state index in [1.807, 2.05) is 13.0 Å². The molecule has 1 saturated heterocycles. The van der Waals surface area contributed by atoms with Gasteiger partial charge in [-0.15, -0.1) is 0 Å². The molecule has 20 nitrogen and oxygen atoms in total. The molecule has 0 aromatic carbocycles. The summed E-state index contributed by atoms with van der Waals surface area (Å²) in [6.07, 6.45) is 6.24. The van der Waals surface area contributed by atoms with Crippen LogP contribution in [0.1, 0.15) is 78.6 Å². The van der Waals surface area contributed by atoms with Crippen molar-refractivity contribution in [3.05, 3.63) is 85.1 Å². The number of hydrogen-bond donors (Lipinski definition) is 15. The molecule has 1 amide bonds. The van der Waals surface area contributed by atoms with Gasteiger partial charge in [-0.3, -0.25) is 9.59 Å². The van der Waals surface area contributed by atoms with Gasteiger partial charge in [0.05, 0.1) is 105 Å². The summed E-state index contributed by atoms with van der Waals surface area (Å²) in [7, 11) is 0. The molecule has 1 aliphatic carbocycles. The first kappa shape index (κ1) is 61.8. The molecule has 404 valence electrons. The van der Waals surface area contributed by atoms with Crippen molar-refractivity contribution in [2.45, 2.75) is 169 Å². The van der Waals surface area contributed by atoms with Crippen molar-refractivity contribution >= 4 is 11.9 Å². The number of fused-ring (bicyclic) bond motifs is 2. The molecular weight excluding hydrogens is 929 g/mol. The van der Waals surface area contributed by atoms with Crippen molar-refractivity contribution < 1.29 is 90.2 Å². The van der Waals surface area contributed by atoms with Crippen LogP contribution in [0.5, 0.6) is 0 Å². The van der Waals surface area contributed by atoms with Gasteiger partial charge in [-0.25, -0.2) is 0 Å². The van der Waals surface area contributed by atoms with Crippen LogP contribution in [0.3, 0.4) is 0 Å². The lowest BCUT2D eigenvalue weighted by Gasteiger charge is -2.46. The molecule has 3 rings (SSSR count). The maximum absolute atomic E-state index is 14.0. The molecule has 0 aromatic rings. The minimum Gasteiger partial charge on any atom is -0.462 e. The fraction of sp³-hybridized carbons (Fsp3) is 0.686. The van der Waals surface area contributed by atoms with E-state index in [1.54, 1.807) is 92.8 Å². The quantitative estimate of drug-likeness (QED) is 0.132. The van der Waals surface area contributed by atoms with Crippen molar-refractivity contribution in [2.24, 2.45) is 29.4 Å². The molecule has 20 heteroatoms. The predicted octanol–water partition coefficient (Wildman–Crippen LogP) is -1.27. The summed E-state index contributed by atoms with van der Waals surface area (Å²) in [4.78, 5) is 26.7. The summed E-state index contributed by atoms with van der Waals surface area (Å²) < 4.78 is 17.3. The van der Waals surface area contributed by atoms with Crippen LogP contribution in [0.25, 0.3) is 0 Å².